The molecule has 1 aromatic rings. The van der Waals surface area contributed by atoms with Crippen molar-refractivity contribution in [3.8, 4) is 0 Å². The van der Waals surface area contributed by atoms with Crippen LogP contribution in [0.1, 0.15) is 32.3 Å². The van der Waals surface area contributed by atoms with Gasteiger partial charge < -0.3 is 10.2 Å². The fourth-order valence-electron chi connectivity index (χ4n) is 1.89. The number of nitrogens with zero attached hydrogens (tertiary/aromatic N) is 1. The molecule has 0 spiro atoms. The molecule has 1 N–H and O–H groups in total. The van der Waals surface area contributed by atoms with Crippen molar-refractivity contribution in [2.45, 2.75) is 39.3 Å². The van der Waals surface area contributed by atoms with Gasteiger partial charge in [-0.2, -0.15) is 0 Å². The van der Waals surface area contributed by atoms with E-state index in [4.69, 9.17) is 0 Å². The van der Waals surface area contributed by atoms with Gasteiger partial charge in [0.2, 0.25) is 0 Å². The lowest BCUT2D eigenvalue weighted by Gasteiger charge is -2.17. The Balaban J connectivity index is 2.18. The van der Waals surface area contributed by atoms with Crippen LogP contribution in [0.5, 0.6) is 0 Å². The molecule has 0 bridgehead atoms. The molecule has 0 saturated heterocycles. The first-order valence-electron chi connectivity index (χ1n) is 6.75. The maximum Gasteiger partial charge on any atom is 0.0241 e. The van der Waals surface area contributed by atoms with Crippen molar-refractivity contribution in [2.75, 3.05) is 20.1 Å². The van der Waals surface area contributed by atoms with Crippen molar-refractivity contribution in [3.63, 3.8) is 0 Å². The van der Waals surface area contributed by atoms with Gasteiger partial charge in [0, 0.05) is 17.1 Å². The first kappa shape index (κ1) is 15.7. The summed E-state index contributed by atoms with van der Waals surface area (Å²) in [4.78, 5) is 2.38. The van der Waals surface area contributed by atoms with Crippen LogP contribution in [0.15, 0.2) is 28.7 Å². The Morgan fingerprint density at radius 3 is 2.61 bits per heavy atom. The van der Waals surface area contributed by atoms with Gasteiger partial charge in [0.05, 0.1) is 0 Å². The smallest absolute Gasteiger partial charge is 0.0241 e. The molecule has 0 fully saturated rings. The minimum Gasteiger partial charge on any atom is -0.315 e. The van der Waals surface area contributed by atoms with E-state index in [1.807, 2.05) is 0 Å². The molecule has 0 aliphatic rings. The summed E-state index contributed by atoms with van der Waals surface area (Å²) in [5.74, 6) is 0. The van der Waals surface area contributed by atoms with E-state index in [1.54, 1.807) is 0 Å². The van der Waals surface area contributed by atoms with Crippen LogP contribution in [0.25, 0.3) is 0 Å². The fourth-order valence-corrected chi connectivity index (χ4v) is 2.30. The first-order chi connectivity index (χ1) is 8.59. The predicted molar refractivity (Wildman–Crippen MR) is 82.8 cm³/mol. The summed E-state index contributed by atoms with van der Waals surface area (Å²) in [5, 5.41) is 3.45. The van der Waals surface area contributed by atoms with Gasteiger partial charge in [-0.25, -0.2) is 0 Å². The molecule has 0 atom stereocenters. The summed E-state index contributed by atoms with van der Waals surface area (Å²) in [6, 6.07) is 9.05. The lowest BCUT2D eigenvalue weighted by molar-refractivity contribution is 0.316. The second-order valence-electron chi connectivity index (χ2n) is 5.15. The van der Waals surface area contributed by atoms with Crippen molar-refractivity contribution in [1.29, 1.82) is 0 Å². The van der Waals surface area contributed by atoms with Crippen LogP contribution in [0.4, 0.5) is 0 Å². The lowest BCUT2D eigenvalue weighted by atomic mass is 10.2. The Bertz CT molecular complexity index is 339. The molecule has 0 heterocycles. The van der Waals surface area contributed by atoms with Crippen LogP contribution in [0.3, 0.4) is 0 Å². The van der Waals surface area contributed by atoms with Crippen molar-refractivity contribution in [2.24, 2.45) is 0 Å². The van der Waals surface area contributed by atoms with Gasteiger partial charge in [0.15, 0.2) is 0 Å². The second-order valence-corrected chi connectivity index (χ2v) is 6.00. The lowest BCUT2D eigenvalue weighted by Crippen LogP contribution is -2.25. The maximum absolute atomic E-state index is 3.60. The Kier molecular flexibility index (Phi) is 7.56. The van der Waals surface area contributed by atoms with Crippen LogP contribution in [0, 0.1) is 0 Å². The third-order valence-corrected chi connectivity index (χ3v) is 3.69. The third-order valence-electron chi connectivity index (χ3n) is 2.92. The van der Waals surface area contributed by atoms with Crippen molar-refractivity contribution < 1.29 is 0 Å². The van der Waals surface area contributed by atoms with Gasteiger partial charge in [0.1, 0.15) is 0 Å². The molecule has 1 aromatic carbocycles. The minimum atomic E-state index is 0.600. The quantitative estimate of drug-likeness (QED) is 0.737. The second kappa shape index (κ2) is 8.68. The first-order valence-corrected chi connectivity index (χ1v) is 7.54. The van der Waals surface area contributed by atoms with E-state index in [2.05, 4.69) is 71.3 Å². The molecule has 1 rings (SSSR count). The zero-order chi connectivity index (χ0) is 13.4. The third kappa shape index (κ3) is 6.53. The summed E-state index contributed by atoms with van der Waals surface area (Å²) in [6.07, 6.45) is 2.50. The Morgan fingerprint density at radius 2 is 1.94 bits per heavy atom. The molecule has 0 amide bonds. The highest BCUT2D eigenvalue weighted by molar-refractivity contribution is 9.10. The van der Waals surface area contributed by atoms with E-state index in [1.165, 1.54) is 22.9 Å². The molecule has 0 saturated carbocycles. The number of benzene rings is 1. The molecule has 0 aliphatic carbocycles. The zero-order valence-electron chi connectivity index (χ0n) is 11.7. The van der Waals surface area contributed by atoms with E-state index < -0.39 is 0 Å². The average Bonchev–Trinajstić information content (AvgIpc) is 2.31. The topological polar surface area (TPSA) is 15.3 Å². The summed E-state index contributed by atoms with van der Waals surface area (Å²) in [5.41, 5.74) is 1.36. The summed E-state index contributed by atoms with van der Waals surface area (Å²) in [7, 11) is 2.19. The van der Waals surface area contributed by atoms with Crippen molar-refractivity contribution in [1.82, 2.24) is 10.2 Å². The van der Waals surface area contributed by atoms with Crippen molar-refractivity contribution in [3.05, 3.63) is 34.3 Å². The Morgan fingerprint density at radius 1 is 1.22 bits per heavy atom. The molecule has 3 heteroatoms. The number of rotatable bonds is 8. The maximum atomic E-state index is 3.60. The molecule has 0 aromatic heterocycles. The van der Waals surface area contributed by atoms with Crippen LogP contribution in [-0.2, 0) is 6.54 Å². The number of nitrogens with one attached hydrogen (secondary N) is 1. The van der Waals surface area contributed by atoms with E-state index in [9.17, 15) is 0 Å². The van der Waals surface area contributed by atoms with E-state index in [0.717, 1.165) is 19.6 Å². The number of unbranched alkanes of at least 4 members (excludes halogenated alkanes) is 1. The van der Waals surface area contributed by atoms with E-state index >= 15 is 0 Å². The molecule has 0 radical (unpaired) electrons. The molecule has 0 unspecified atom stereocenters. The number of hydrogen-bond donors (Lipinski definition) is 1. The van der Waals surface area contributed by atoms with Crippen LogP contribution < -0.4 is 5.32 Å². The molecule has 102 valence electrons. The van der Waals surface area contributed by atoms with Crippen LogP contribution >= 0.6 is 15.9 Å². The number of halogens is 1. The largest absolute Gasteiger partial charge is 0.315 e. The number of hydrogen-bond acceptors (Lipinski definition) is 2. The zero-order valence-corrected chi connectivity index (χ0v) is 13.3. The highest BCUT2D eigenvalue weighted by Gasteiger charge is 2.03. The average molecular weight is 313 g/mol. The van der Waals surface area contributed by atoms with Crippen LogP contribution in [-0.4, -0.2) is 31.1 Å². The van der Waals surface area contributed by atoms with Gasteiger partial charge in [-0.05, 0) is 44.6 Å². The molecular formula is C15H25BrN2. The monoisotopic (exact) mass is 312 g/mol. The Hall–Kier alpha value is -0.380. The van der Waals surface area contributed by atoms with Crippen molar-refractivity contribution >= 4 is 15.9 Å². The standard InChI is InChI=1S/C15H25BrN2/c1-13(2)17-10-6-7-11-18(3)12-14-8-4-5-9-15(14)16/h4-5,8-9,13,17H,6-7,10-12H2,1-3H3. The van der Waals surface area contributed by atoms with Gasteiger partial charge in [-0.15, -0.1) is 0 Å². The molecule has 2 nitrogen and oxygen atoms in total. The minimum absolute atomic E-state index is 0.600. The highest BCUT2D eigenvalue weighted by atomic mass is 79.9. The Labute approximate surface area is 120 Å². The SMILES string of the molecule is CC(C)NCCCCN(C)Cc1ccccc1Br. The fraction of sp³-hybridized carbons (Fsp3) is 0.600. The highest BCUT2D eigenvalue weighted by Crippen LogP contribution is 2.17. The van der Waals surface area contributed by atoms with Gasteiger partial charge in [-0.3, -0.25) is 0 Å². The van der Waals surface area contributed by atoms with Crippen LogP contribution in [0.2, 0.25) is 0 Å². The normalized spacial score (nSPS) is 11.4. The van der Waals surface area contributed by atoms with E-state index in [0.29, 0.717) is 6.04 Å². The van der Waals surface area contributed by atoms with Gasteiger partial charge in [-0.1, -0.05) is 48.0 Å². The summed E-state index contributed by atoms with van der Waals surface area (Å²) >= 11 is 3.60. The summed E-state index contributed by atoms with van der Waals surface area (Å²) < 4.78 is 1.21. The molecular weight excluding hydrogens is 288 g/mol. The molecule has 18 heavy (non-hydrogen) atoms. The summed E-state index contributed by atoms with van der Waals surface area (Å²) in [6.45, 7) is 7.68. The van der Waals surface area contributed by atoms with Gasteiger partial charge in [0.25, 0.3) is 0 Å². The van der Waals surface area contributed by atoms with Gasteiger partial charge >= 0.3 is 0 Å². The van der Waals surface area contributed by atoms with E-state index in [-0.39, 0.29) is 0 Å². The predicted octanol–water partition coefficient (Wildman–Crippen LogP) is 3.66. The molecule has 0 aliphatic heterocycles.